The second kappa shape index (κ2) is 7.97. The minimum Gasteiger partial charge on any atom is -0.454 e. The molecule has 3 aliphatic rings. The fourth-order valence-corrected chi connectivity index (χ4v) is 4.52. The van der Waals surface area contributed by atoms with E-state index in [1.165, 1.54) is 6.42 Å². The van der Waals surface area contributed by atoms with Crippen molar-refractivity contribution in [3.05, 3.63) is 12.2 Å². The lowest BCUT2D eigenvalue weighted by Gasteiger charge is -2.38. The highest BCUT2D eigenvalue weighted by atomic mass is 16.7. The average Bonchev–Trinajstić information content (AvgIpc) is 3.09. The molecular formula is C20H32O6. The third kappa shape index (κ3) is 4.66. The van der Waals surface area contributed by atoms with Gasteiger partial charge in [-0.2, -0.15) is 0 Å². The fraction of sp³-hybridized carbons (Fsp3) is 0.850. The van der Waals surface area contributed by atoms with Gasteiger partial charge in [0.1, 0.15) is 25.1 Å². The molecule has 6 atom stereocenters. The summed E-state index contributed by atoms with van der Waals surface area (Å²) >= 11 is 0. The standard InChI is InChI=1S/C20H32O6/c1-12(2)19(21)26-16-10-23-17-15(9-22-18(16)17)25-11-24-14-6-13(3)7-20(4,5)8-14/h13-18H,1,6-11H2,2-5H3. The van der Waals surface area contributed by atoms with Gasteiger partial charge in [0.25, 0.3) is 0 Å². The van der Waals surface area contributed by atoms with Crippen molar-refractivity contribution in [1.82, 2.24) is 0 Å². The van der Waals surface area contributed by atoms with E-state index < -0.39 is 12.1 Å². The summed E-state index contributed by atoms with van der Waals surface area (Å²) in [6.45, 7) is 13.1. The average molecular weight is 368 g/mol. The molecule has 26 heavy (non-hydrogen) atoms. The van der Waals surface area contributed by atoms with E-state index in [2.05, 4.69) is 27.4 Å². The first kappa shape index (κ1) is 19.8. The molecule has 0 spiro atoms. The maximum atomic E-state index is 11.7. The van der Waals surface area contributed by atoms with Gasteiger partial charge in [0, 0.05) is 5.57 Å². The topological polar surface area (TPSA) is 63.2 Å². The summed E-state index contributed by atoms with van der Waals surface area (Å²) in [7, 11) is 0. The van der Waals surface area contributed by atoms with E-state index in [0.717, 1.165) is 12.8 Å². The van der Waals surface area contributed by atoms with E-state index in [1.54, 1.807) is 6.92 Å². The molecule has 148 valence electrons. The third-order valence-corrected chi connectivity index (χ3v) is 5.50. The Kier molecular flexibility index (Phi) is 6.07. The molecule has 1 saturated carbocycles. The molecule has 2 heterocycles. The van der Waals surface area contributed by atoms with Crippen LogP contribution in [0.25, 0.3) is 0 Å². The van der Waals surface area contributed by atoms with E-state index in [1.807, 2.05) is 0 Å². The van der Waals surface area contributed by atoms with Gasteiger partial charge in [-0.25, -0.2) is 4.79 Å². The zero-order valence-corrected chi connectivity index (χ0v) is 16.4. The molecule has 6 heteroatoms. The van der Waals surface area contributed by atoms with Crippen molar-refractivity contribution in [3.63, 3.8) is 0 Å². The lowest BCUT2D eigenvalue weighted by molar-refractivity contribution is -0.156. The minimum absolute atomic E-state index is 0.192. The van der Waals surface area contributed by atoms with Crippen LogP contribution in [0.4, 0.5) is 0 Å². The van der Waals surface area contributed by atoms with Crippen molar-refractivity contribution >= 4 is 5.97 Å². The van der Waals surface area contributed by atoms with Gasteiger partial charge in [-0.05, 0) is 37.5 Å². The van der Waals surface area contributed by atoms with Crippen LogP contribution >= 0.6 is 0 Å². The van der Waals surface area contributed by atoms with Crippen molar-refractivity contribution in [3.8, 4) is 0 Å². The molecule has 3 fully saturated rings. The molecule has 2 aliphatic heterocycles. The minimum atomic E-state index is -0.412. The SMILES string of the molecule is C=C(C)C(=O)OC1COC2C(OCOC3CC(C)CC(C)(C)C3)COC12. The summed E-state index contributed by atoms with van der Waals surface area (Å²) < 4.78 is 28.8. The summed E-state index contributed by atoms with van der Waals surface area (Å²) in [4.78, 5) is 11.7. The van der Waals surface area contributed by atoms with Crippen molar-refractivity contribution in [2.75, 3.05) is 20.0 Å². The molecule has 0 bridgehead atoms. The summed E-state index contributed by atoms with van der Waals surface area (Å²) in [5.74, 6) is 0.259. The molecule has 2 saturated heterocycles. The highest BCUT2D eigenvalue weighted by Crippen LogP contribution is 2.39. The molecule has 0 N–H and O–H groups in total. The predicted molar refractivity (Wildman–Crippen MR) is 95.6 cm³/mol. The Hall–Kier alpha value is -0.950. The molecule has 0 aromatic rings. The quantitative estimate of drug-likeness (QED) is 0.408. The Bertz CT molecular complexity index is 530. The normalized spacial score (nSPS) is 38.8. The molecule has 6 unspecified atom stereocenters. The van der Waals surface area contributed by atoms with E-state index in [-0.39, 0.29) is 31.2 Å². The second-order valence-electron chi connectivity index (χ2n) is 8.84. The number of esters is 1. The first-order valence-electron chi connectivity index (χ1n) is 9.58. The van der Waals surface area contributed by atoms with Crippen LogP contribution in [-0.2, 0) is 28.5 Å². The van der Waals surface area contributed by atoms with Crippen molar-refractivity contribution in [1.29, 1.82) is 0 Å². The zero-order chi connectivity index (χ0) is 18.9. The number of hydrogen-bond acceptors (Lipinski definition) is 6. The van der Waals surface area contributed by atoms with E-state index >= 15 is 0 Å². The fourth-order valence-electron chi connectivity index (χ4n) is 4.52. The van der Waals surface area contributed by atoms with Gasteiger partial charge < -0.3 is 23.7 Å². The molecule has 3 rings (SSSR count). The second-order valence-corrected chi connectivity index (χ2v) is 8.84. The number of hydrogen-bond donors (Lipinski definition) is 0. The number of fused-ring (bicyclic) bond motifs is 1. The first-order valence-corrected chi connectivity index (χ1v) is 9.58. The van der Waals surface area contributed by atoms with E-state index in [0.29, 0.717) is 30.1 Å². The van der Waals surface area contributed by atoms with Crippen LogP contribution in [0.1, 0.15) is 47.0 Å². The Balaban J connectivity index is 1.43. The zero-order valence-electron chi connectivity index (χ0n) is 16.4. The lowest BCUT2D eigenvalue weighted by atomic mass is 9.71. The van der Waals surface area contributed by atoms with Gasteiger partial charge in [0.15, 0.2) is 6.10 Å². The summed E-state index contributed by atoms with van der Waals surface area (Å²) in [5, 5.41) is 0. The van der Waals surface area contributed by atoms with Gasteiger partial charge in [-0.1, -0.05) is 27.4 Å². The highest BCUT2D eigenvalue weighted by Gasteiger charge is 2.50. The molecule has 0 aromatic heterocycles. The van der Waals surface area contributed by atoms with Crippen LogP contribution in [-0.4, -0.2) is 56.5 Å². The van der Waals surface area contributed by atoms with Crippen molar-refractivity contribution < 1.29 is 28.5 Å². The van der Waals surface area contributed by atoms with Crippen LogP contribution in [0.2, 0.25) is 0 Å². The summed E-state index contributed by atoms with van der Waals surface area (Å²) in [6, 6.07) is 0. The van der Waals surface area contributed by atoms with Crippen molar-refractivity contribution in [2.24, 2.45) is 11.3 Å². The Labute approximate surface area is 156 Å². The van der Waals surface area contributed by atoms with Gasteiger partial charge in [-0.3, -0.25) is 0 Å². The molecule has 6 nitrogen and oxygen atoms in total. The maximum Gasteiger partial charge on any atom is 0.333 e. The van der Waals surface area contributed by atoms with Gasteiger partial charge in [-0.15, -0.1) is 0 Å². The Morgan fingerprint density at radius 2 is 1.77 bits per heavy atom. The number of carbonyl (C=O) groups is 1. The Morgan fingerprint density at radius 1 is 1.12 bits per heavy atom. The van der Waals surface area contributed by atoms with Gasteiger partial charge in [0.2, 0.25) is 0 Å². The summed E-state index contributed by atoms with van der Waals surface area (Å²) in [5.41, 5.74) is 0.691. The van der Waals surface area contributed by atoms with Gasteiger partial charge >= 0.3 is 5.97 Å². The first-order chi connectivity index (χ1) is 12.2. The monoisotopic (exact) mass is 368 g/mol. The molecule has 1 aliphatic carbocycles. The third-order valence-electron chi connectivity index (χ3n) is 5.50. The van der Waals surface area contributed by atoms with Crippen LogP contribution in [0.15, 0.2) is 12.2 Å². The maximum absolute atomic E-state index is 11.7. The predicted octanol–water partition coefficient (Wildman–Crippen LogP) is 2.85. The smallest absolute Gasteiger partial charge is 0.333 e. The van der Waals surface area contributed by atoms with Crippen LogP contribution in [0.3, 0.4) is 0 Å². The summed E-state index contributed by atoms with van der Waals surface area (Å²) in [6.07, 6.45) is 2.52. The molecule has 0 radical (unpaired) electrons. The number of carbonyl (C=O) groups excluding carboxylic acids is 1. The van der Waals surface area contributed by atoms with Crippen LogP contribution in [0, 0.1) is 11.3 Å². The Morgan fingerprint density at radius 3 is 2.42 bits per heavy atom. The van der Waals surface area contributed by atoms with Crippen LogP contribution < -0.4 is 0 Å². The largest absolute Gasteiger partial charge is 0.454 e. The van der Waals surface area contributed by atoms with Crippen LogP contribution in [0.5, 0.6) is 0 Å². The number of rotatable bonds is 6. The van der Waals surface area contributed by atoms with E-state index in [4.69, 9.17) is 23.7 Å². The highest BCUT2D eigenvalue weighted by molar-refractivity contribution is 5.87. The molecular weight excluding hydrogens is 336 g/mol. The van der Waals surface area contributed by atoms with Gasteiger partial charge in [0.05, 0.1) is 19.3 Å². The van der Waals surface area contributed by atoms with Crippen molar-refractivity contribution in [2.45, 2.75) is 77.5 Å². The molecule has 0 amide bonds. The number of ether oxygens (including phenoxy) is 5. The van der Waals surface area contributed by atoms with E-state index in [9.17, 15) is 4.79 Å². The molecule has 0 aromatic carbocycles. The lowest BCUT2D eigenvalue weighted by Crippen LogP contribution is -2.36.